The molecule has 1 atom stereocenters. The Labute approximate surface area is 120 Å². The number of rotatable bonds is 2. The molecule has 1 aromatic heterocycles. The van der Waals surface area contributed by atoms with Crippen molar-refractivity contribution in [2.75, 3.05) is 6.54 Å². The second kappa shape index (κ2) is 7.39. The SMILES string of the molecule is CCN.O=C1C2=C(CCCC2)CCC1Cc1cnc[nH]1. The van der Waals surface area contributed by atoms with E-state index in [1.807, 2.05) is 13.1 Å². The largest absolute Gasteiger partial charge is 0.348 e. The van der Waals surface area contributed by atoms with Gasteiger partial charge in [-0.3, -0.25) is 4.79 Å². The monoisotopic (exact) mass is 275 g/mol. The van der Waals surface area contributed by atoms with Crippen molar-refractivity contribution >= 4 is 5.78 Å². The van der Waals surface area contributed by atoms with Crippen molar-refractivity contribution in [1.82, 2.24) is 9.97 Å². The van der Waals surface area contributed by atoms with Crippen molar-refractivity contribution in [2.45, 2.75) is 51.9 Å². The number of imidazole rings is 1. The molecule has 3 N–H and O–H groups in total. The molecule has 4 nitrogen and oxygen atoms in total. The number of carbonyl (C=O) groups excluding carboxylic acids is 1. The second-order valence-corrected chi connectivity index (χ2v) is 5.58. The smallest absolute Gasteiger partial charge is 0.162 e. The summed E-state index contributed by atoms with van der Waals surface area (Å²) in [5.41, 5.74) is 8.57. The number of nitrogens with one attached hydrogen (secondary N) is 1. The number of hydrogen-bond donors (Lipinski definition) is 2. The molecule has 0 saturated heterocycles. The van der Waals surface area contributed by atoms with E-state index < -0.39 is 0 Å². The number of Topliss-reactive ketones (excluding diaryl/α,β-unsaturated/α-hetero) is 1. The van der Waals surface area contributed by atoms with Crippen LogP contribution in [0.1, 0.15) is 51.1 Å². The summed E-state index contributed by atoms with van der Waals surface area (Å²) in [7, 11) is 0. The molecule has 1 aromatic rings. The summed E-state index contributed by atoms with van der Waals surface area (Å²) in [5.74, 6) is 0.604. The molecule has 0 radical (unpaired) electrons. The lowest BCUT2D eigenvalue weighted by Gasteiger charge is -2.28. The molecule has 0 fully saturated rings. The topological polar surface area (TPSA) is 71.8 Å². The fourth-order valence-electron chi connectivity index (χ4n) is 3.12. The van der Waals surface area contributed by atoms with Crippen molar-refractivity contribution < 1.29 is 4.79 Å². The molecule has 0 bridgehead atoms. The summed E-state index contributed by atoms with van der Waals surface area (Å²) >= 11 is 0. The highest BCUT2D eigenvalue weighted by Crippen LogP contribution is 2.36. The molecule has 2 aliphatic carbocycles. The van der Waals surface area contributed by atoms with Gasteiger partial charge in [-0.1, -0.05) is 12.5 Å². The zero-order valence-electron chi connectivity index (χ0n) is 12.3. The van der Waals surface area contributed by atoms with Gasteiger partial charge in [0.05, 0.1) is 6.33 Å². The van der Waals surface area contributed by atoms with Gasteiger partial charge in [-0.25, -0.2) is 4.98 Å². The normalized spacial score (nSPS) is 22.1. The molecule has 2 aliphatic rings. The standard InChI is InChI=1S/C14H18N2O.C2H7N/c17-14-11(7-12-8-15-9-16-12)6-5-10-3-1-2-4-13(10)14;1-2-3/h8-9,11H,1-7H2,(H,15,16);2-3H2,1H3. The molecule has 20 heavy (non-hydrogen) atoms. The first kappa shape index (κ1) is 15.0. The van der Waals surface area contributed by atoms with Gasteiger partial charge in [0.2, 0.25) is 0 Å². The van der Waals surface area contributed by atoms with E-state index in [0.717, 1.165) is 44.3 Å². The Morgan fingerprint density at radius 2 is 2.10 bits per heavy atom. The Kier molecular flexibility index (Phi) is 5.53. The number of ketones is 1. The zero-order chi connectivity index (χ0) is 14.4. The number of H-pyrrole nitrogens is 1. The summed E-state index contributed by atoms with van der Waals surface area (Å²) in [4.78, 5) is 19.5. The number of nitrogens with two attached hydrogens (primary N) is 1. The lowest BCUT2D eigenvalue weighted by molar-refractivity contribution is -0.120. The van der Waals surface area contributed by atoms with E-state index in [2.05, 4.69) is 9.97 Å². The minimum Gasteiger partial charge on any atom is -0.348 e. The molecule has 3 rings (SSSR count). The van der Waals surface area contributed by atoms with E-state index in [0.29, 0.717) is 5.78 Å². The molecule has 110 valence electrons. The number of carbonyl (C=O) groups is 1. The average Bonchev–Trinajstić information content (AvgIpc) is 2.96. The van der Waals surface area contributed by atoms with Crippen LogP contribution in [0.25, 0.3) is 0 Å². The van der Waals surface area contributed by atoms with Crippen LogP contribution in [-0.4, -0.2) is 22.3 Å². The van der Waals surface area contributed by atoms with Crippen LogP contribution < -0.4 is 5.73 Å². The van der Waals surface area contributed by atoms with Crippen molar-refractivity contribution in [3.8, 4) is 0 Å². The van der Waals surface area contributed by atoms with Crippen LogP contribution in [0.4, 0.5) is 0 Å². The van der Waals surface area contributed by atoms with Crippen LogP contribution in [0.5, 0.6) is 0 Å². The highest BCUT2D eigenvalue weighted by molar-refractivity contribution is 5.99. The van der Waals surface area contributed by atoms with Crippen LogP contribution in [-0.2, 0) is 11.2 Å². The maximum absolute atomic E-state index is 12.4. The zero-order valence-corrected chi connectivity index (χ0v) is 12.3. The maximum atomic E-state index is 12.4. The van der Waals surface area contributed by atoms with Crippen LogP contribution >= 0.6 is 0 Å². The molecular weight excluding hydrogens is 250 g/mol. The Hall–Kier alpha value is -1.42. The quantitative estimate of drug-likeness (QED) is 0.871. The van der Waals surface area contributed by atoms with Gasteiger partial charge in [0.15, 0.2) is 5.78 Å². The summed E-state index contributed by atoms with van der Waals surface area (Å²) in [6.45, 7) is 2.65. The van der Waals surface area contributed by atoms with E-state index in [4.69, 9.17) is 5.73 Å². The first-order valence-corrected chi connectivity index (χ1v) is 7.68. The molecular formula is C16H25N3O. The minimum absolute atomic E-state index is 0.187. The molecule has 0 amide bonds. The van der Waals surface area contributed by atoms with E-state index in [9.17, 15) is 4.79 Å². The Morgan fingerprint density at radius 1 is 1.35 bits per heavy atom. The molecule has 4 heteroatoms. The van der Waals surface area contributed by atoms with Gasteiger partial charge in [-0.2, -0.15) is 0 Å². The molecule has 0 spiro atoms. The third-order valence-electron chi connectivity index (χ3n) is 4.07. The first-order valence-electron chi connectivity index (χ1n) is 7.68. The third kappa shape index (κ3) is 3.57. The average molecular weight is 275 g/mol. The van der Waals surface area contributed by atoms with Crippen LogP contribution in [0.3, 0.4) is 0 Å². The molecule has 0 aromatic carbocycles. The summed E-state index contributed by atoms with van der Waals surface area (Å²) in [6.07, 6.45) is 11.2. The van der Waals surface area contributed by atoms with Crippen molar-refractivity contribution in [1.29, 1.82) is 0 Å². The van der Waals surface area contributed by atoms with Gasteiger partial charge in [-0.05, 0) is 57.1 Å². The lowest BCUT2D eigenvalue weighted by Crippen LogP contribution is -2.26. The third-order valence-corrected chi connectivity index (χ3v) is 4.07. The van der Waals surface area contributed by atoms with E-state index in [1.54, 1.807) is 6.33 Å². The highest BCUT2D eigenvalue weighted by Gasteiger charge is 2.30. The number of allylic oxidation sites excluding steroid dienone is 2. The predicted molar refractivity (Wildman–Crippen MR) is 80.2 cm³/mol. The van der Waals surface area contributed by atoms with Gasteiger partial charge in [0.25, 0.3) is 0 Å². The van der Waals surface area contributed by atoms with Crippen LogP contribution in [0, 0.1) is 5.92 Å². The number of aromatic amines is 1. The number of aromatic nitrogens is 2. The van der Waals surface area contributed by atoms with Gasteiger partial charge >= 0.3 is 0 Å². The summed E-state index contributed by atoms with van der Waals surface area (Å²) in [5, 5.41) is 0. The molecule has 0 saturated carbocycles. The Bertz CT molecular complexity index is 462. The van der Waals surface area contributed by atoms with Crippen molar-refractivity contribution in [2.24, 2.45) is 11.7 Å². The molecule has 1 unspecified atom stereocenters. The van der Waals surface area contributed by atoms with Crippen LogP contribution in [0.15, 0.2) is 23.7 Å². The van der Waals surface area contributed by atoms with E-state index in [1.165, 1.54) is 24.0 Å². The lowest BCUT2D eigenvalue weighted by atomic mass is 9.75. The van der Waals surface area contributed by atoms with Crippen LogP contribution in [0.2, 0.25) is 0 Å². The first-order chi connectivity index (χ1) is 9.76. The van der Waals surface area contributed by atoms with E-state index >= 15 is 0 Å². The fourth-order valence-corrected chi connectivity index (χ4v) is 3.12. The molecule has 1 heterocycles. The predicted octanol–water partition coefficient (Wildman–Crippen LogP) is 2.77. The fraction of sp³-hybridized carbons (Fsp3) is 0.625. The molecule has 0 aliphatic heterocycles. The summed E-state index contributed by atoms with van der Waals surface area (Å²) < 4.78 is 0. The Balaban J connectivity index is 0.000000452. The van der Waals surface area contributed by atoms with Crippen molar-refractivity contribution in [3.05, 3.63) is 29.4 Å². The van der Waals surface area contributed by atoms with Gasteiger partial charge in [-0.15, -0.1) is 0 Å². The van der Waals surface area contributed by atoms with Gasteiger partial charge < -0.3 is 10.7 Å². The highest BCUT2D eigenvalue weighted by atomic mass is 16.1. The number of hydrogen-bond acceptors (Lipinski definition) is 3. The van der Waals surface area contributed by atoms with Gasteiger partial charge in [0.1, 0.15) is 0 Å². The van der Waals surface area contributed by atoms with Gasteiger partial charge in [0, 0.05) is 17.8 Å². The Morgan fingerprint density at radius 3 is 2.80 bits per heavy atom. The number of nitrogens with zero attached hydrogens (tertiary/aromatic N) is 1. The second-order valence-electron chi connectivity index (χ2n) is 5.58. The minimum atomic E-state index is 0.187. The summed E-state index contributed by atoms with van der Waals surface area (Å²) in [6, 6.07) is 0. The van der Waals surface area contributed by atoms with Crippen molar-refractivity contribution in [3.63, 3.8) is 0 Å². The maximum Gasteiger partial charge on any atom is 0.162 e. The van der Waals surface area contributed by atoms with E-state index in [-0.39, 0.29) is 5.92 Å².